The van der Waals surface area contributed by atoms with Gasteiger partial charge in [0.25, 0.3) is 5.91 Å². The van der Waals surface area contributed by atoms with Gasteiger partial charge in [0.1, 0.15) is 0 Å². The predicted octanol–water partition coefficient (Wildman–Crippen LogP) is 2.62. The average molecular weight is 216 g/mol. The van der Waals surface area contributed by atoms with Gasteiger partial charge in [-0.05, 0) is 18.6 Å². The number of carbonyl (C=O) groups excluding carboxylic acids is 1. The molecule has 4 heteroatoms. The molecule has 1 amide bonds. The van der Waals surface area contributed by atoms with Crippen molar-refractivity contribution in [3.63, 3.8) is 0 Å². The maximum Gasteiger partial charge on any atom is 0.254 e. The van der Waals surface area contributed by atoms with E-state index < -0.39 is 11.7 Å². The molecule has 2 nitrogen and oxygen atoms in total. The van der Waals surface area contributed by atoms with Crippen LogP contribution in [0.4, 0.5) is 4.39 Å². The summed E-state index contributed by atoms with van der Waals surface area (Å²) >= 11 is 5.54. The van der Waals surface area contributed by atoms with E-state index in [4.69, 9.17) is 11.6 Å². The van der Waals surface area contributed by atoms with Crippen molar-refractivity contribution in [2.24, 2.45) is 0 Å². The second-order valence-electron chi connectivity index (χ2n) is 2.86. The minimum Gasteiger partial charge on any atom is -0.352 e. The van der Waals surface area contributed by atoms with Crippen LogP contribution in [0, 0.1) is 5.82 Å². The van der Waals surface area contributed by atoms with E-state index in [1.165, 1.54) is 12.1 Å². The molecule has 1 N–H and O–H groups in total. The van der Waals surface area contributed by atoms with Crippen molar-refractivity contribution in [2.45, 2.75) is 13.3 Å². The lowest BCUT2D eigenvalue weighted by Crippen LogP contribution is -2.24. The molecule has 0 saturated carbocycles. The number of hydrogen-bond donors (Lipinski definition) is 1. The van der Waals surface area contributed by atoms with Crippen molar-refractivity contribution in [2.75, 3.05) is 6.54 Å². The molecule has 0 unspecified atom stereocenters. The van der Waals surface area contributed by atoms with Crippen LogP contribution in [0.15, 0.2) is 18.2 Å². The fraction of sp³-hybridized carbons (Fsp3) is 0.300. The first kappa shape index (κ1) is 11.0. The van der Waals surface area contributed by atoms with Crippen molar-refractivity contribution in [3.8, 4) is 0 Å². The van der Waals surface area contributed by atoms with Crippen LogP contribution < -0.4 is 5.32 Å². The van der Waals surface area contributed by atoms with Crippen LogP contribution in [-0.4, -0.2) is 12.5 Å². The molecule has 76 valence electrons. The van der Waals surface area contributed by atoms with Gasteiger partial charge in [-0.15, -0.1) is 0 Å². The monoisotopic (exact) mass is 215 g/mol. The van der Waals surface area contributed by atoms with Crippen molar-refractivity contribution >= 4 is 17.5 Å². The van der Waals surface area contributed by atoms with E-state index in [0.29, 0.717) is 6.54 Å². The van der Waals surface area contributed by atoms with Crippen LogP contribution in [0.2, 0.25) is 5.02 Å². The molecule has 1 aromatic rings. The third-order valence-electron chi connectivity index (χ3n) is 1.73. The molecule has 0 spiro atoms. The molecule has 1 aromatic carbocycles. The Hall–Kier alpha value is -1.09. The highest BCUT2D eigenvalue weighted by molar-refractivity contribution is 6.31. The van der Waals surface area contributed by atoms with E-state index >= 15 is 0 Å². The van der Waals surface area contributed by atoms with E-state index in [9.17, 15) is 9.18 Å². The number of carbonyl (C=O) groups is 1. The number of halogens is 2. The van der Waals surface area contributed by atoms with Gasteiger partial charge in [0.2, 0.25) is 0 Å². The second kappa shape index (κ2) is 4.96. The summed E-state index contributed by atoms with van der Waals surface area (Å²) in [6, 6.07) is 4.37. The molecular weight excluding hydrogens is 205 g/mol. The maximum atomic E-state index is 13.3. The van der Waals surface area contributed by atoms with Crippen LogP contribution in [0.25, 0.3) is 0 Å². The number of rotatable bonds is 3. The van der Waals surface area contributed by atoms with E-state index in [0.717, 1.165) is 6.42 Å². The lowest BCUT2D eigenvalue weighted by atomic mass is 10.2. The minimum atomic E-state index is -0.664. The first-order chi connectivity index (χ1) is 6.66. The summed E-state index contributed by atoms with van der Waals surface area (Å²) in [6.45, 7) is 2.46. The van der Waals surface area contributed by atoms with Crippen LogP contribution in [0.1, 0.15) is 23.7 Å². The molecule has 0 saturated heterocycles. The normalized spacial score (nSPS) is 9.93. The summed E-state index contributed by atoms with van der Waals surface area (Å²) in [4.78, 5) is 11.4. The SMILES string of the molecule is CCCNC(=O)c1cccc(Cl)c1F. The zero-order valence-electron chi connectivity index (χ0n) is 7.81. The molecule has 0 bridgehead atoms. The minimum absolute atomic E-state index is 0.00838. The Morgan fingerprint density at radius 2 is 2.29 bits per heavy atom. The molecule has 0 radical (unpaired) electrons. The summed E-state index contributed by atoms with van der Waals surface area (Å²) in [5.41, 5.74) is -0.00838. The Bertz CT molecular complexity index is 341. The predicted molar refractivity (Wildman–Crippen MR) is 54.0 cm³/mol. The molecule has 0 aliphatic carbocycles. The number of hydrogen-bond acceptors (Lipinski definition) is 1. The first-order valence-electron chi connectivity index (χ1n) is 4.39. The standard InChI is InChI=1S/C10H11ClFNO/c1-2-6-13-10(14)7-4-3-5-8(11)9(7)12/h3-5H,2,6H2,1H3,(H,13,14). The molecule has 0 aliphatic rings. The van der Waals surface area contributed by atoms with Gasteiger partial charge in [-0.2, -0.15) is 0 Å². The molecule has 14 heavy (non-hydrogen) atoms. The first-order valence-corrected chi connectivity index (χ1v) is 4.76. The van der Waals surface area contributed by atoms with Gasteiger partial charge < -0.3 is 5.32 Å². The van der Waals surface area contributed by atoms with Gasteiger partial charge in [-0.25, -0.2) is 4.39 Å². The Morgan fingerprint density at radius 3 is 2.93 bits per heavy atom. The lowest BCUT2D eigenvalue weighted by Gasteiger charge is -2.04. The van der Waals surface area contributed by atoms with Crippen molar-refractivity contribution < 1.29 is 9.18 Å². The molecule has 1 rings (SSSR count). The fourth-order valence-electron chi connectivity index (χ4n) is 1.01. The molecule has 0 fully saturated rings. The highest BCUT2D eigenvalue weighted by Gasteiger charge is 2.12. The summed E-state index contributed by atoms with van der Waals surface area (Å²) in [6.07, 6.45) is 0.813. The van der Waals surface area contributed by atoms with Crippen LogP contribution >= 0.6 is 11.6 Å². The molecule has 0 aromatic heterocycles. The van der Waals surface area contributed by atoms with E-state index in [-0.39, 0.29) is 10.6 Å². The van der Waals surface area contributed by atoms with Crippen LogP contribution in [0.3, 0.4) is 0 Å². The second-order valence-corrected chi connectivity index (χ2v) is 3.26. The van der Waals surface area contributed by atoms with Crippen LogP contribution in [0.5, 0.6) is 0 Å². The molecular formula is C10H11ClFNO. The summed E-state index contributed by atoms with van der Waals surface area (Å²) < 4.78 is 13.3. The van der Waals surface area contributed by atoms with E-state index in [2.05, 4.69) is 5.32 Å². The Balaban J connectivity index is 2.84. The lowest BCUT2D eigenvalue weighted by molar-refractivity contribution is 0.0949. The van der Waals surface area contributed by atoms with Gasteiger partial charge >= 0.3 is 0 Å². The van der Waals surface area contributed by atoms with Crippen molar-refractivity contribution in [1.82, 2.24) is 5.32 Å². The van der Waals surface area contributed by atoms with E-state index in [1.54, 1.807) is 6.07 Å². The zero-order valence-corrected chi connectivity index (χ0v) is 8.57. The third-order valence-corrected chi connectivity index (χ3v) is 2.02. The largest absolute Gasteiger partial charge is 0.352 e. The van der Waals surface area contributed by atoms with Gasteiger partial charge in [0.15, 0.2) is 5.82 Å². The smallest absolute Gasteiger partial charge is 0.254 e. The summed E-state index contributed by atoms with van der Waals surface area (Å²) in [5, 5.41) is 2.55. The van der Waals surface area contributed by atoms with Gasteiger partial charge in [0, 0.05) is 6.54 Å². The summed E-state index contributed by atoms with van der Waals surface area (Å²) in [5.74, 6) is -1.09. The van der Waals surface area contributed by atoms with E-state index in [1.807, 2.05) is 6.92 Å². The van der Waals surface area contributed by atoms with Gasteiger partial charge in [-0.3, -0.25) is 4.79 Å². The van der Waals surface area contributed by atoms with Crippen molar-refractivity contribution in [1.29, 1.82) is 0 Å². The van der Waals surface area contributed by atoms with Crippen LogP contribution in [-0.2, 0) is 0 Å². The average Bonchev–Trinajstić information content (AvgIpc) is 2.18. The highest BCUT2D eigenvalue weighted by Crippen LogP contribution is 2.17. The third kappa shape index (κ3) is 2.45. The number of amides is 1. The Morgan fingerprint density at radius 1 is 1.57 bits per heavy atom. The fourth-order valence-corrected chi connectivity index (χ4v) is 1.19. The Kier molecular flexibility index (Phi) is 3.89. The zero-order chi connectivity index (χ0) is 10.6. The number of benzene rings is 1. The number of nitrogens with one attached hydrogen (secondary N) is 1. The van der Waals surface area contributed by atoms with Gasteiger partial charge in [0.05, 0.1) is 10.6 Å². The Labute approximate surface area is 87.1 Å². The summed E-state index contributed by atoms with van der Waals surface area (Å²) in [7, 11) is 0. The molecule has 0 heterocycles. The van der Waals surface area contributed by atoms with Gasteiger partial charge in [-0.1, -0.05) is 24.6 Å². The highest BCUT2D eigenvalue weighted by atomic mass is 35.5. The quantitative estimate of drug-likeness (QED) is 0.825. The topological polar surface area (TPSA) is 29.1 Å². The maximum absolute atomic E-state index is 13.3. The molecule has 0 aliphatic heterocycles. The van der Waals surface area contributed by atoms with Crippen molar-refractivity contribution in [3.05, 3.63) is 34.6 Å². The molecule has 0 atom stereocenters.